The molecule has 0 aliphatic heterocycles. The zero-order chi connectivity index (χ0) is 22.6. The molecule has 0 saturated carbocycles. The number of guanidine groups is 1. The average molecular weight is 562 g/mol. The summed E-state index contributed by atoms with van der Waals surface area (Å²) >= 11 is 0. The van der Waals surface area contributed by atoms with Gasteiger partial charge < -0.3 is 24.8 Å². The van der Waals surface area contributed by atoms with Gasteiger partial charge in [-0.2, -0.15) is 0 Å². The van der Waals surface area contributed by atoms with Crippen LogP contribution in [0.25, 0.3) is 0 Å². The normalized spacial score (nSPS) is 10.7. The van der Waals surface area contributed by atoms with Crippen LogP contribution in [0.1, 0.15) is 25.0 Å². The summed E-state index contributed by atoms with van der Waals surface area (Å²) in [6.07, 6.45) is 1.77. The van der Waals surface area contributed by atoms with Crippen molar-refractivity contribution in [2.45, 2.75) is 26.9 Å². The Hall–Kier alpha value is -3.01. The second-order valence-electron chi connectivity index (χ2n) is 6.85. The van der Waals surface area contributed by atoms with Crippen molar-refractivity contribution in [2.75, 3.05) is 20.3 Å². The number of halogens is 1. The van der Waals surface area contributed by atoms with E-state index in [4.69, 9.17) is 14.2 Å². The number of methoxy groups -OCH3 is 1. The van der Waals surface area contributed by atoms with Gasteiger partial charge in [0.1, 0.15) is 5.75 Å². The third-order valence-electron chi connectivity index (χ3n) is 4.56. The highest BCUT2D eigenvalue weighted by molar-refractivity contribution is 14.0. The second-order valence-corrected chi connectivity index (χ2v) is 6.85. The number of ether oxygens (including phenoxy) is 3. The number of aliphatic imine (C=N–C) groups is 1. The van der Waals surface area contributed by atoms with E-state index >= 15 is 0 Å². The van der Waals surface area contributed by atoms with E-state index in [9.17, 15) is 0 Å². The minimum atomic E-state index is 0. The molecule has 0 bridgehead atoms. The van der Waals surface area contributed by atoms with Crippen LogP contribution in [0, 0.1) is 0 Å². The van der Waals surface area contributed by atoms with E-state index in [-0.39, 0.29) is 24.0 Å². The smallest absolute Gasteiger partial charge is 0.219 e. The lowest BCUT2D eigenvalue weighted by Crippen LogP contribution is -2.36. The highest BCUT2D eigenvalue weighted by Crippen LogP contribution is 2.30. The number of aromatic nitrogens is 1. The van der Waals surface area contributed by atoms with Crippen LogP contribution in [0.3, 0.4) is 0 Å². The molecular formula is C25H31IN4O3. The van der Waals surface area contributed by atoms with Gasteiger partial charge >= 0.3 is 0 Å². The van der Waals surface area contributed by atoms with Gasteiger partial charge in [-0.15, -0.1) is 24.0 Å². The first-order valence-electron chi connectivity index (χ1n) is 10.7. The molecule has 3 aromatic rings. The molecule has 0 fully saturated rings. The summed E-state index contributed by atoms with van der Waals surface area (Å²) < 4.78 is 16.9. The molecule has 7 nitrogen and oxygen atoms in total. The number of benzene rings is 2. The molecule has 1 aromatic heterocycles. The van der Waals surface area contributed by atoms with Crippen molar-refractivity contribution < 1.29 is 14.2 Å². The van der Waals surface area contributed by atoms with E-state index in [0.717, 1.165) is 29.4 Å². The van der Waals surface area contributed by atoms with Gasteiger partial charge in [-0.1, -0.05) is 36.4 Å². The lowest BCUT2D eigenvalue weighted by Gasteiger charge is -2.13. The molecule has 0 aliphatic carbocycles. The van der Waals surface area contributed by atoms with E-state index in [1.807, 2.05) is 74.5 Å². The predicted molar refractivity (Wildman–Crippen MR) is 142 cm³/mol. The van der Waals surface area contributed by atoms with Crippen molar-refractivity contribution in [3.05, 3.63) is 78.0 Å². The number of hydrogen-bond acceptors (Lipinski definition) is 5. The highest BCUT2D eigenvalue weighted by atomic mass is 127. The molecule has 2 N–H and O–H groups in total. The van der Waals surface area contributed by atoms with Gasteiger partial charge in [-0.25, -0.2) is 9.98 Å². The maximum Gasteiger partial charge on any atom is 0.219 e. The number of rotatable bonds is 10. The fourth-order valence-electron chi connectivity index (χ4n) is 3.03. The molecule has 0 saturated heterocycles. The number of para-hydroxylation sites is 3. The van der Waals surface area contributed by atoms with Crippen LogP contribution < -0.4 is 24.8 Å². The molecular weight excluding hydrogens is 531 g/mol. The Labute approximate surface area is 212 Å². The van der Waals surface area contributed by atoms with Crippen LogP contribution >= 0.6 is 24.0 Å². The average Bonchev–Trinajstić information content (AvgIpc) is 2.83. The number of nitrogens with one attached hydrogen (secondary N) is 2. The molecule has 0 radical (unpaired) electrons. The van der Waals surface area contributed by atoms with Gasteiger partial charge in [0.15, 0.2) is 17.5 Å². The van der Waals surface area contributed by atoms with Gasteiger partial charge in [0.2, 0.25) is 5.88 Å². The number of nitrogens with zero attached hydrogens (tertiary/aromatic N) is 2. The molecule has 2 aromatic carbocycles. The summed E-state index contributed by atoms with van der Waals surface area (Å²) in [7, 11) is 1.67. The van der Waals surface area contributed by atoms with Crippen molar-refractivity contribution in [2.24, 2.45) is 4.99 Å². The minimum Gasteiger partial charge on any atom is -0.496 e. The second kappa shape index (κ2) is 14.2. The van der Waals surface area contributed by atoms with Gasteiger partial charge in [-0.05, 0) is 37.6 Å². The molecule has 33 heavy (non-hydrogen) atoms. The summed E-state index contributed by atoms with van der Waals surface area (Å²) in [5.74, 6) is 3.42. The number of hydrogen-bond donors (Lipinski definition) is 2. The van der Waals surface area contributed by atoms with E-state index in [2.05, 4.69) is 20.6 Å². The Morgan fingerprint density at radius 3 is 2.30 bits per heavy atom. The summed E-state index contributed by atoms with van der Waals surface area (Å²) in [6.45, 7) is 6.42. The van der Waals surface area contributed by atoms with E-state index in [1.165, 1.54) is 0 Å². The molecule has 8 heteroatoms. The van der Waals surface area contributed by atoms with Crippen LogP contribution in [-0.4, -0.2) is 31.2 Å². The Kier molecular flexibility index (Phi) is 11.3. The largest absolute Gasteiger partial charge is 0.496 e. The lowest BCUT2D eigenvalue weighted by molar-refractivity contribution is 0.319. The topological polar surface area (TPSA) is 77.0 Å². The molecule has 0 atom stereocenters. The first-order chi connectivity index (χ1) is 15.7. The van der Waals surface area contributed by atoms with Crippen molar-refractivity contribution in [3.8, 4) is 23.1 Å². The molecule has 0 unspecified atom stereocenters. The summed E-state index contributed by atoms with van der Waals surface area (Å²) in [5.41, 5.74) is 2.04. The van der Waals surface area contributed by atoms with Gasteiger partial charge in [0, 0.05) is 30.9 Å². The fourth-order valence-corrected chi connectivity index (χ4v) is 3.03. The zero-order valence-corrected chi connectivity index (χ0v) is 21.5. The molecule has 176 valence electrons. The predicted octanol–water partition coefficient (Wildman–Crippen LogP) is 5.15. The van der Waals surface area contributed by atoms with E-state index < -0.39 is 0 Å². The molecule has 3 rings (SSSR count). The Bertz CT molecular complexity index is 1010. The van der Waals surface area contributed by atoms with Crippen LogP contribution in [-0.2, 0) is 13.1 Å². The van der Waals surface area contributed by atoms with Gasteiger partial charge in [0.25, 0.3) is 0 Å². The molecule has 0 aliphatic rings. The van der Waals surface area contributed by atoms with Crippen LogP contribution in [0.2, 0.25) is 0 Å². The number of pyridine rings is 1. The third-order valence-corrected chi connectivity index (χ3v) is 4.56. The van der Waals surface area contributed by atoms with Crippen LogP contribution in [0.15, 0.2) is 71.9 Å². The van der Waals surface area contributed by atoms with E-state index in [1.54, 1.807) is 13.3 Å². The van der Waals surface area contributed by atoms with E-state index in [0.29, 0.717) is 37.1 Å². The molecule has 0 amide bonds. The standard InChI is InChI=1S/C25H30N4O3.HI/c1-4-26-25(29-18-20-10-6-7-11-21(20)30-3)28-17-19-14-15-24(27-16-19)32-23-13-9-8-12-22(23)31-5-2;/h6-16H,4-5,17-18H2,1-3H3,(H2,26,28,29);1H. The first-order valence-corrected chi connectivity index (χ1v) is 10.7. The van der Waals surface area contributed by atoms with Gasteiger partial charge in [-0.3, -0.25) is 0 Å². The maximum absolute atomic E-state index is 5.88. The van der Waals surface area contributed by atoms with Crippen LogP contribution in [0.5, 0.6) is 23.1 Å². The summed E-state index contributed by atoms with van der Waals surface area (Å²) in [6, 6.07) is 19.3. The fraction of sp³-hybridized carbons (Fsp3) is 0.280. The van der Waals surface area contributed by atoms with Crippen molar-refractivity contribution in [3.63, 3.8) is 0 Å². The summed E-state index contributed by atoms with van der Waals surface area (Å²) in [5, 5.41) is 6.61. The third kappa shape index (κ3) is 8.12. The van der Waals surface area contributed by atoms with Gasteiger partial charge in [0.05, 0.1) is 20.3 Å². The zero-order valence-electron chi connectivity index (χ0n) is 19.2. The lowest BCUT2D eigenvalue weighted by atomic mass is 10.2. The quantitative estimate of drug-likeness (QED) is 0.202. The monoisotopic (exact) mass is 562 g/mol. The minimum absolute atomic E-state index is 0. The Morgan fingerprint density at radius 2 is 1.64 bits per heavy atom. The van der Waals surface area contributed by atoms with Crippen molar-refractivity contribution in [1.29, 1.82) is 0 Å². The van der Waals surface area contributed by atoms with Crippen LogP contribution in [0.4, 0.5) is 0 Å². The van der Waals surface area contributed by atoms with Crippen molar-refractivity contribution >= 4 is 29.9 Å². The Morgan fingerprint density at radius 1 is 0.909 bits per heavy atom. The maximum atomic E-state index is 5.88. The molecule has 0 spiro atoms. The first kappa shape index (κ1) is 26.2. The molecule has 1 heterocycles. The van der Waals surface area contributed by atoms with Crippen molar-refractivity contribution in [1.82, 2.24) is 15.6 Å². The Balaban J connectivity index is 0.00000385. The SMILES string of the molecule is CCNC(=NCc1ccc(Oc2ccccc2OCC)nc1)NCc1ccccc1OC.I. The summed E-state index contributed by atoms with van der Waals surface area (Å²) in [4.78, 5) is 9.07. The highest BCUT2D eigenvalue weighted by Gasteiger charge is 2.07.